The lowest BCUT2D eigenvalue weighted by molar-refractivity contribution is 0.0559. The summed E-state index contributed by atoms with van der Waals surface area (Å²) in [5.41, 5.74) is 0. The summed E-state index contributed by atoms with van der Waals surface area (Å²) >= 11 is 0. The quantitative estimate of drug-likeness (QED) is 0.534. The van der Waals surface area contributed by atoms with E-state index in [0.717, 1.165) is 0 Å². The zero-order valence-corrected chi connectivity index (χ0v) is 6.85. The fourth-order valence-electron chi connectivity index (χ4n) is 0.774. The van der Waals surface area contributed by atoms with Gasteiger partial charge in [0.1, 0.15) is 11.8 Å². The van der Waals surface area contributed by atoms with Crippen molar-refractivity contribution in [3.8, 4) is 6.07 Å². The molecular weight excluding hydrogens is 174 g/mol. The van der Waals surface area contributed by atoms with E-state index in [2.05, 4.69) is 4.74 Å². The standard InChI is InChI=1S/C8H7NO4/c1-12-8(11)7-3-2-6(13-7)5(10)4-9/h2-3,5,10H,1H3. The van der Waals surface area contributed by atoms with Gasteiger partial charge >= 0.3 is 5.97 Å². The molecule has 0 saturated heterocycles. The summed E-state index contributed by atoms with van der Waals surface area (Å²) in [5.74, 6) is -0.647. The Morgan fingerprint density at radius 2 is 2.46 bits per heavy atom. The van der Waals surface area contributed by atoms with Gasteiger partial charge in [-0.2, -0.15) is 5.26 Å². The number of hydrogen-bond donors (Lipinski definition) is 1. The van der Waals surface area contributed by atoms with Gasteiger partial charge in [-0.25, -0.2) is 4.79 Å². The monoisotopic (exact) mass is 181 g/mol. The molecule has 1 aromatic rings. The van der Waals surface area contributed by atoms with E-state index in [1.165, 1.54) is 19.2 Å². The van der Waals surface area contributed by atoms with Gasteiger partial charge in [0.05, 0.1) is 7.11 Å². The molecule has 0 amide bonds. The van der Waals surface area contributed by atoms with Crippen molar-refractivity contribution in [2.24, 2.45) is 0 Å². The molecule has 68 valence electrons. The van der Waals surface area contributed by atoms with E-state index in [1.54, 1.807) is 6.07 Å². The fraction of sp³-hybridized carbons (Fsp3) is 0.250. The van der Waals surface area contributed by atoms with Crippen molar-refractivity contribution in [2.45, 2.75) is 6.10 Å². The lowest BCUT2D eigenvalue weighted by Crippen LogP contribution is -1.98. The number of hydrogen-bond acceptors (Lipinski definition) is 5. The van der Waals surface area contributed by atoms with E-state index in [0.29, 0.717) is 0 Å². The minimum absolute atomic E-state index is 0.0305. The van der Waals surface area contributed by atoms with Crippen molar-refractivity contribution in [1.82, 2.24) is 0 Å². The molecule has 0 saturated carbocycles. The van der Waals surface area contributed by atoms with Gasteiger partial charge in [0.2, 0.25) is 5.76 Å². The van der Waals surface area contributed by atoms with Gasteiger partial charge in [0, 0.05) is 0 Å². The van der Waals surface area contributed by atoms with Gasteiger partial charge in [-0.15, -0.1) is 0 Å². The summed E-state index contributed by atoms with van der Waals surface area (Å²) in [5, 5.41) is 17.3. The van der Waals surface area contributed by atoms with Gasteiger partial charge < -0.3 is 14.3 Å². The molecule has 1 rings (SSSR count). The first kappa shape index (κ1) is 9.29. The highest BCUT2D eigenvalue weighted by atomic mass is 16.5. The van der Waals surface area contributed by atoms with Crippen molar-refractivity contribution in [1.29, 1.82) is 5.26 Å². The maximum atomic E-state index is 10.9. The molecule has 5 nitrogen and oxygen atoms in total. The van der Waals surface area contributed by atoms with E-state index in [-0.39, 0.29) is 11.5 Å². The zero-order valence-electron chi connectivity index (χ0n) is 6.85. The highest BCUT2D eigenvalue weighted by molar-refractivity contribution is 5.86. The van der Waals surface area contributed by atoms with Crippen LogP contribution in [0.2, 0.25) is 0 Å². The van der Waals surface area contributed by atoms with Crippen LogP contribution in [0.5, 0.6) is 0 Å². The summed E-state index contributed by atoms with van der Waals surface area (Å²) in [7, 11) is 1.21. The average Bonchev–Trinajstić information content (AvgIpc) is 2.64. The Bertz CT molecular complexity index is 349. The minimum Gasteiger partial charge on any atom is -0.463 e. The van der Waals surface area contributed by atoms with E-state index >= 15 is 0 Å². The number of methoxy groups -OCH3 is 1. The number of carbonyl (C=O) groups is 1. The second-order valence-electron chi connectivity index (χ2n) is 2.23. The minimum atomic E-state index is -1.35. The second kappa shape index (κ2) is 3.74. The molecule has 1 heterocycles. The first-order valence-electron chi connectivity index (χ1n) is 3.44. The Morgan fingerprint density at radius 3 is 3.00 bits per heavy atom. The third kappa shape index (κ3) is 1.86. The predicted molar refractivity (Wildman–Crippen MR) is 40.6 cm³/mol. The molecule has 5 heteroatoms. The van der Waals surface area contributed by atoms with E-state index in [4.69, 9.17) is 14.8 Å². The lowest BCUT2D eigenvalue weighted by atomic mass is 10.3. The SMILES string of the molecule is COC(=O)c1ccc(C(O)C#N)o1. The molecule has 0 bridgehead atoms. The molecule has 0 aliphatic heterocycles. The summed E-state index contributed by atoms with van der Waals surface area (Å²) in [4.78, 5) is 10.9. The first-order chi connectivity index (χ1) is 6.19. The molecule has 1 aromatic heterocycles. The maximum absolute atomic E-state index is 10.9. The number of carbonyl (C=O) groups excluding carboxylic acids is 1. The highest BCUT2D eigenvalue weighted by Gasteiger charge is 2.15. The van der Waals surface area contributed by atoms with Crippen molar-refractivity contribution >= 4 is 5.97 Å². The topological polar surface area (TPSA) is 83.5 Å². The molecular formula is C8H7NO4. The molecule has 1 unspecified atom stereocenters. The van der Waals surface area contributed by atoms with E-state index < -0.39 is 12.1 Å². The number of aliphatic hydroxyl groups is 1. The Balaban J connectivity index is 2.88. The number of ether oxygens (including phenoxy) is 1. The highest BCUT2D eigenvalue weighted by Crippen LogP contribution is 2.15. The third-order valence-electron chi connectivity index (χ3n) is 1.41. The normalized spacial score (nSPS) is 11.8. The van der Waals surface area contributed by atoms with Crippen molar-refractivity contribution in [2.75, 3.05) is 7.11 Å². The van der Waals surface area contributed by atoms with Crippen LogP contribution in [-0.2, 0) is 4.74 Å². The predicted octanol–water partition coefficient (Wildman–Crippen LogP) is 0.623. The van der Waals surface area contributed by atoms with Crippen LogP contribution in [-0.4, -0.2) is 18.2 Å². The molecule has 0 aliphatic rings. The average molecular weight is 181 g/mol. The van der Waals surface area contributed by atoms with Crippen LogP contribution >= 0.6 is 0 Å². The van der Waals surface area contributed by atoms with Crippen LogP contribution in [0.3, 0.4) is 0 Å². The van der Waals surface area contributed by atoms with E-state index in [9.17, 15) is 4.79 Å². The Morgan fingerprint density at radius 1 is 1.77 bits per heavy atom. The van der Waals surface area contributed by atoms with Crippen LogP contribution in [0.1, 0.15) is 22.4 Å². The van der Waals surface area contributed by atoms with Gasteiger partial charge in [0.15, 0.2) is 6.10 Å². The van der Waals surface area contributed by atoms with Gasteiger partial charge in [-0.05, 0) is 12.1 Å². The van der Waals surface area contributed by atoms with Gasteiger partial charge in [0.25, 0.3) is 0 Å². The smallest absolute Gasteiger partial charge is 0.373 e. The molecule has 0 fully saturated rings. The lowest BCUT2D eigenvalue weighted by Gasteiger charge is -1.95. The maximum Gasteiger partial charge on any atom is 0.373 e. The Labute approximate surface area is 74.1 Å². The second-order valence-corrected chi connectivity index (χ2v) is 2.23. The fourth-order valence-corrected chi connectivity index (χ4v) is 0.774. The number of nitrogens with zero attached hydrogens (tertiary/aromatic N) is 1. The number of nitriles is 1. The number of furan rings is 1. The van der Waals surface area contributed by atoms with Crippen LogP contribution in [0.15, 0.2) is 16.5 Å². The molecule has 1 atom stereocenters. The molecule has 0 aromatic carbocycles. The van der Waals surface area contributed by atoms with Crippen LogP contribution in [0.25, 0.3) is 0 Å². The number of aliphatic hydroxyl groups excluding tert-OH is 1. The summed E-state index contributed by atoms with van der Waals surface area (Å²) in [6, 6.07) is 4.24. The zero-order chi connectivity index (χ0) is 9.84. The Kier molecular flexibility index (Phi) is 2.67. The summed E-state index contributed by atoms with van der Waals surface area (Å²) < 4.78 is 9.21. The van der Waals surface area contributed by atoms with E-state index in [1.807, 2.05) is 0 Å². The molecule has 0 spiro atoms. The molecule has 1 N–H and O–H groups in total. The van der Waals surface area contributed by atoms with Gasteiger partial charge in [-0.1, -0.05) is 0 Å². The van der Waals surface area contributed by atoms with Crippen LogP contribution < -0.4 is 0 Å². The molecule has 13 heavy (non-hydrogen) atoms. The van der Waals surface area contributed by atoms with Crippen LogP contribution in [0, 0.1) is 11.3 Å². The summed E-state index contributed by atoms with van der Waals surface area (Å²) in [6.45, 7) is 0. The molecule has 0 aliphatic carbocycles. The van der Waals surface area contributed by atoms with Gasteiger partial charge in [-0.3, -0.25) is 0 Å². The van der Waals surface area contributed by atoms with Crippen LogP contribution in [0.4, 0.5) is 0 Å². The van der Waals surface area contributed by atoms with Crippen molar-refractivity contribution < 1.29 is 19.1 Å². The number of rotatable bonds is 2. The third-order valence-corrected chi connectivity index (χ3v) is 1.41. The number of esters is 1. The molecule has 0 radical (unpaired) electrons. The Hall–Kier alpha value is -1.80. The largest absolute Gasteiger partial charge is 0.463 e. The van der Waals surface area contributed by atoms with Crippen molar-refractivity contribution in [3.05, 3.63) is 23.7 Å². The first-order valence-corrected chi connectivity index (χ1v) is 3.44. The summed E-state index contributed by atoms with van der Waals surface area (Å²) in [6.07, 6.45) is -1.35. The van der Waals surface area contributed by atoms with Crippen molar-refractivity contribution in [3.63, 3.8) is 0 Å².